The van der Waals surface area contributed by atoms with Crippen molar-refractivity contribution in [2.75, 3.05) is 18.5 Å². The molecule has 5 nitrogen and oxygen atoms in total. The molecule has 5 heteroatoms. The number of amides is 1. The van der Waals surface area contributed by atoms with Gasteiger partial charge in [0.05, 0.1) is 6.04 Å². The SMILES string of the molecule is CN(c1ccccc1)c1ncccc1[C@@H]1CCCN1C(=O)OCc1ccccc1. The molecular weight excluding hydrogens is 362 g/mol. The summed E-state index contributed by atoms with van der Waals surface area (Å²) in [5.41, 5.74) is 3.10. The molecule has 0 radical (unpaired) electrons. The average Bonchev–Trinajstić information content (AvgIpc) is 3.28. The van der Waals surface area contributed by atoms with E-state index >= 15 is 0 Å². The van der Waals surface area contributed by atoms with Crippen LogP contribution in [-0.2, 0) is 11.3 Å². The second-order valence-corrected chi connectivity index (χ2v) is 7.20. The first-order chi connectivity index (χ1) is 14.2. The summed E-state index contributed by atoms with van der Waals surface area (Å²) in [6, 6.07) is 23.9. The zero-order chi connectivity index (χ0) is 20.1. The molecule has 4 rings (SSSR count). The Morgan fingerprint density at radius 3 is 2.55 bits per heavy atom. The van der Waals surface area contributed by atoms with Crippen LogP contribution >= 0.6 is 0 Å². The van der Waals surface area contributed by atoms with Crippen molar-refractivity contribution in [3.05, 3.63) is 90.1 Å². The molecule has 2 aromatic carbocycles. The maximum Gasteiger partial charge on any atom is 0.410 e. The van der Waals surface area contributed by atoms with Gasteiger partial charge in [0.15, 0.2) is 0 Å². The molecule has 0 aliphatic carbocycles. The molecule has 1 atom stereocenters. The van der Waals surface area contributed by atoms with Gasteiger partial charge in [0.25, 0.3) is 0 Å². The fraction of sp³-hybridized carbons (Fsp3) is 0.250. The number of likely N-dealkylation sites (tertiary alicyclic amines) is 1. The molecule has 1 aliphatic heterocycles. The van der Waals surface area contributed by atoms with Crippen LogP contribution in [-0.4, -0.2) is 29.6 Å². The zero-order valence-electron chi connectivity index (χ0n) is 16.6. The summed E-state index contributed by atoms with van der Waals surface area (Å²) in [7, 11) is 2.01. The molecule has 1 aromatic heterocycles. The van der Waals surface area contributed by atoms with Crippen LogP contribution in [0.3, 0.4) is 0 Å². The monoisotopic (exact) mass is 387 g/mol. The molecule has 1 saturated heterocycles. The number of para-hydroxylation sites is 1. The maximum absolute atomic E-state index is 12.8. The van der Waals surface area contributed by atoms with Crippen LogP contribution < -0.4 is 4.90 Å². The number of hydrogen-bond acceptors (Lipinski definition) is 4. The van der Waals surface area contributed by atoms with Crippen LogP contribution in [0.5, 0.6) is 0 Å². The van der Waals surface area contributed by atoms with E-state index in [4.69, 9.17) is 4.74 Å². The maximum atomic E-state index is 12.8. The number of ether oxygens (including phenoxy) is 1. The van der Waals surface area contributed by atoms with E-state index in [0.717, 1.165) is 35.5 Å². The van der Waals surface area contributed by atoms with Crippen LogP contribution in [0.4, 0.5) is 16.3 Å². The molecule has 0 spiro atoms. The Labute approximate surface area is 171 Å². The van der Waals surface area contributed by atoms with E-state index in [1.807, 2.05) is 66.5 Å². The van der Waals surface area contributed by atoms with E-state index in [1.165, 1.54) is 0 Å². The Balaban J connectivity index is 1.54. The predicted octanol–water partition coefficient (Wildman–Crippen LogP) is 5.32. The van der Waals surface area contributed by atoms with Gasteiger partial charge in [-0.25, -0.2) is 9.78 Å². The number of rotatable bonds is 5. The van der Waals surface area contributed by atoms with Gasteiger partial charge in [0, 0.05) is 31.0 Å². The third kappa shape index (κ3) is 4.24. The minimum absolute atomic E-state index is 0.0341. The van der Waals surface area contributed by atoms with Crippen molar-refractivity contribution in [1.82, 2.24) is 9.88 Å². The zero-order valence-corrected chi connectivity index (χ0v) is 16.6. The first kappa shape index (κ1) is 19.0. The lowest BCUT2D eigenvalue weighted by atomic mass is 10.0. The van der Waals surface area contributed by atoms with Crippen molar-refractivity contribution in [2.24, 2.45) is 0 Å². The van der Waals surface area contributed by atoms with Crippen molar-refractivity contribution in [1.29, 1.82) is 0 Å². The Hall–Kier alpha value is -3.34. The number of carbonyl (C=O) groups is 1. The van der Waals surface area contributed by atoms with Gasteiger partial charge >= 0.3 is 6.09 Å². The summed E-state index contributed by atoms with van der Waals surface area (Å²) in [6.07, 6.45) is 3.38. The Morgan fingerprint density at radius 1 is 1.07 bits per heavy atom. The predicted molar refractivity (Wildman–Crippen MR) is 114 cm³/mol. The number of benzene rings is 2. The molecule has 1 amide bonds. The molecule has 0 unspecified atom stereocenters. The van der Waals surface area contributed by atoms with Crippen LogP contribution in [0.2, 0.25) is 0 Å². The molecule has 3 aromatic rings. The highest BCUT2D eigenvalue weighted by Gasteiger charge is 2.33. The molecule has 0 saturated carbocycles. The standard InChI is InChI=1S/C24H25N3O2/c1-26(20-12-6-3-7-13-20)23-21(14-8-16-25-23)22-15-9-17-27(22)24(28)29-18-19-10-4-2-5-11-19/h2-8,10-14,16,22H,9,15,17-18H2,1H3/t22-/m0/s1. The van der Waals surface area contributed by atoms with Crippen LogP contribution in [0.25, 0.3) is 0 Å². The van der Waals surface area contributed by atoms with Gasteiger partial charge in [0.2, 0.25) is 0 Å². The Kier molecular flexibility index (Phi) is 5.75. The lowest BCUT2D eigenvalue weighted by Crippen LogP contribution is -2.32. The molecule has 2 heterocycles. The second kappa shape index (κ2) is 8.78. The van der Waals surface area contributed by atoms with E-state index < -0.39 is 0 Å². The fourth-order valence-electron chi connectivity index (χ4n) is 3.83. The second-order valence-electron chi connectivity index (χ2n) is 7.20. The third-order valence-corrected chi connectivity index (χ3v) is 5.33. The highest BCUT2D eigenvalue weighted by Crippen LogP contribution is 2.38. The van der Waals surface area contributed by atoms with E-state index in [2.05, 4.69) is 28.1 Å². The molecule has 1 fully saturated rings. The van der Waals surface area contributed by atoms with Crippen LogP contribution in [0.1, 0.15) is 30.0 Å². The Morgan fingerprint density at radius 2 is 1.79 bits per heavy atom. The van der Waals surface area contributed by atoms with E-state index in [9.17, 15) is 4.79 Å². The number of hydrogen-bond donors (Lipinski definition) is 0. The lowest BCUT2D eigenvalue weighted by Gasteiger charge is -2.28. The van der Waals surface area contributed by atoms with Gasteiger partial charge in [-0.3, -0.25) is 0 Å². The third-order valence-electron chi connectivity index (χ3n) is 5.33. The lowest BCUT2D eigenvalue weighted by molar-refractivity contribution is 0.0921. The van der Waals surface area contributed by atoms with Crippen LogP contribution in [0.15, 0.2) is 79.0 Å². The minimum Gasteiger partial charge on any atom is -0.445 e. The number of pyridine rings is 1. The normalized spacial score (nSPS) is 15.9. The summed E-state index contributed by atoms with van der Waals surface area (Å²) in [5, 5.41) is 0. The van der Waals surface area contributed by atoms with Crippen molar-refractivity contribution in [2.45, 2.75) is 25.5 Å². The quantitative estimate of drug-likeness (QED) is 0.594. The molecule has 29 heavy (non-hydrogen) atoms. The molecule has 0 N–H and O–H groups in total. The fourth-order valence-corrected chi connectivity index (χ4v) is 3.83. The minimum atomic E-state index is -0.270. The van der Waals surface area contributed by atoms with Gasteiger partial charge in [-0.2, -0.15) is 0 Å². The topological polar surface area (TPSA) is 45.7 Å². The summed E-state index contributed by atoms with van der Waals surface area (Å²) in [5.74, 6) is 0.867. The summed E-state index contributed by atoms with van der Waals surface area (Å²) in [6.45, 7) is 0.981. The van der Waals surface area contributed by atoms with Crippen molar-refractivity contribution >= 4 is 17.6 Å². The number of aromatic nitrogens is 1. The molecular formula is C24H25N3O2. The van der Waals surface area contributed by atoms with E-state index in [-0.39, 0.29) is 18.7 Å². The Bertz CT molecular complexity index is 947. The smallest absolute Gasteiger partial charge is 0.410 e. The highest BCUT2D eigenvalue weighted by atomic mass is 16.6. The van der Waals surface area contributed by atoms with Gasteiger partial charge in [-0.15, -0.1) is 0 Å². The summed E-state index contributed by atoms with van der Waals surface area (Å²) in [4.78, 5) is 21.4. The van der Waals surface area contributed by atoms with Gasteiger partial charge in [-0.1, -0.05) is 54.6 Å². The largest absolute Gasteiger partial charge is 0.445 e. The average molecular weight is 387 g/mol. The van der Waals surface area contributed by atoms with Crippen molar-refractivity contribution in [3.8, 4) is 0 Å². The number of anilines is 2. The number of carbonyl (C=O) groups excluding carboxylic acids is 1. The van der Waals surface area contributed by atoms with Gasteiger partial charge in [0.1, 0.15) is 12.4 Å². The molecule has 0 bridgehead atoms. The molecule has 1 aliphatic rings. The van der Waals surface area contributed by atoms with E-state index in [1.54, 1.807) is 6.20 Å². The summed E-state index contributed by atoms with van der Waals surface area (Å²) < 4.78 is 5.60. The number of nitrogens with zero attached hydrogens (tertiary/aromatic N) is 3. The first-order valence-corrected chi connectivity index (χ1v) is 9.95. The van der Waals surface area contributed by atoms with Crippen molar-refractivity contribution in [3.63, 3.8) is 0 Å². The summed E-state index contributed by atoms with van der Waals surface area (Å²) >= 11 is 0. The molecule has 148 valence electrons. The first-order valence-electron chi connectivity index (χ1n) is 9.95. The van der Waals surface area contributed by atoms with Gasteiger partial charge in [-0.05, 0) is 36.6 Å². The van der Waals surface area contributed by atoms with E-state index in [0.29, 0.717) is 6.54 Å². The van der Waals surface area contributed by atoms with Crippen LogP contribution in [0, 0.1) is 0 Å². The highest BCUT2D eigenvalue weighted by molar-refractivity contribution is 5.70. The van der Waals surface area contributed by atoms with Crippen molar-refractivity contribution < 1.29 is 9.53 Å². The van der Waals surface area contributed by atoms with Gasteiger partial charge < -0.3 is 14.5 Å².